The minimum Gasteiger partial charge on any atom is -0.497 e. The smallest absolute Gasteiger partial charge is 0.264 e. The Morgan fingerprint density at radius 2 is 1.68 bits per heavy atom. The van der Waals surface area contributed by atoms with Crippen LogP contribution in [0, 0.1) is 0 Å². The van der Waals surface area contributed by atoms with Gasteiger partial charge in [0, 0.05) is 13.1 Å². The van der Waals surface area contributed by atoms with E-state index in [-0.39, 0.29) is 4.90 Å². The summed E-state index contributed by atoms with van der Waals surface area (Å²) in [5, 5.41) is 0. The molecule has 0 heterocycles. The fourth-order valence-electron chi connectivity index (χ4n) is 1.70. The number of rotatable bonds is 4. The summed E-state index contributed by atoms with van der Waals surface area (Å²) in [5.74, 6) is 0.516. The van der Waals surface area contributed by atoms with E-state index in [0.717, 1.165) is 0 Å². The summed E-state index contributed by atoms with van der Waals surface area (Å²) in [7, 11) is -0.533. The van der Waals surface area contributed by atoms with Gasteiger partial charge in [0.25, 0.3) is 10.0 Å². The SMILES string of the molecule is COc1cccc(S(=O)(=O)N(C)c2ccccc2)c1. The van der Waals surface area contributed by atoms with Gasteiger partial charge in [-0.25, -0.2) is 8.42 Å². The molecule has 0 fully saturated rings. The van der Waals surface area contributed by atoms with Gasteiger partial charge in [-0.2, -0.15) is 0 Å². The highest BCUT2D eigenvalue weighted by atomic mass is 32.2. The van der Waals surface area contributed by atoms with Crippen LogP contribution in [0.25, 0.3) is 0 Å². The molecular formula is C14H15NO3S. The van der Waals surface area contributed by atoms with Crippen molar-refractivity contribution in [1.29, 1.82) is 0 Å². The molecule has 0 spiro atoms. The zero-order valence-corrected chi connectivity index (χ0v) is 11.6. The molecule has 0 aliphatic heterocycles. The third-order valence-corrected chi connectivity index (χ3v) is 4.60. The van der Waals surface area contributed by atoms with E-state index in [0.29, 0.717) is 11.4 Å². The maximum Gasteiger partial charge on any atom is 0.264 e. The number of para-hydroxylation sites is 1. The van der Waals surface area contributed by atoms with Crippen LogP contribution in [0.5, 0.6) is 5.75 Å². The number of benzene rings is 2. The van der Waals surface area contributed by atoms with Crippen molar-refractivity contribution in [2.24, 2.45) is 0 Å². The zero-order chi connectivity index (χ0) is 13.9. The summed E-state index contributed by atoms with van der Waals surface area (Å²) in [6.07, 6.45) is 0. The highest BCUT2D eigenvalue weighted by molar-refractivity contribution is 7.92. The first-order valence-corrected chi connectivity index (χ1v) is 7.18. The second kappa shape index (κ2) is 5.32. The van der Waals surface area contributed by atoms with Crippen LogP contribution in [-0.2, 0) is 10.0 Å². The molecule has 2 rings (SSSR count). The van der Waals surface area contributed by atoms with E-state index in [1.807, 2.05) is 6.07 Å². The van der Waals surface area contributed by atoms with Gasteiger partial charge in [0.1, 0.15) is 5.75 Å². The number of hydrogen-bond acceptors (Lipinski definition) is 3. The summed E-state index contributed by atoms with van der Waals surface area (Å²) < 4.78 is 31.2. The Kier molecular flexibility index (Phi) is 3.76. The first kappa shape index (κ1) is 13.4. The summed E-state index contributed by atoms with van der Waals surface area (Å²) >= 11 is 0. The van der Waals surface area contributed by atoms with Crippen LogP contribution in [0.1, 0.15) is 0 Å². The van der Waals surface area contributed by atoms with Gasteiger partial charge in [-0.15, -0.1) is 0 Å². The van der Waals surface area contributed by atoms with Crippen LogP contribution >= 0.6 is 0 Å². The number of hydrogen-bond donors (Lipinski definition) is 0. The third kappa shape index (κ3) is 2.71. The average molecular weight is 277 g/mol. The highest BCUT2D eigenvalue weighted by Gasteiger charge is 2.21. The van der Waals surface area contributed by atoms with E-state index in [1.54, 1.807) is 42.5 Å². The standard InChI is InChI=1S/C14H15NO3S/c1-15(12-7-4-3-5-8-12)19(16,17)14-10-6-9-13(11-14)18-2/h3-11H,1-2H3. The molecule has 0 aliphatic rings. The summed E-state index contributed by atoms with van der Waals surface area (Å²) in [4.78, 5) is 0.207. The van der Waals surface area contributed by atoms with Gasteiger partial charge in [-0.05, 0) is 24.3 Å². The maximum atomic E-state index is 12.5. The van der Waals surface area contributed by atoms with Crippen molar-refractivity contribution >= 4 is 15.7 Å². The van der Waals surface area contributed by atoms with Gasteiger partial charge in [0.15, 0.2) is 0 Å². The first-order chi connectivity index (χ1) is 9.05. The quantitative estimate of drug-likeness (QED) is 0.862. The Labute approximate surface area is 113 Å². The normalized spacial score (nSPS) is 11.1. The number of sulfonamides is 1. The summed E-state index contributed by atoms with van der Waals surface area (Å²) in [5.41, 5.74) is 0.616. The van der Waals surface area contributed by atoms with Gasteiger partial charge in [-0.3, -0.25) is 4.31 Å². The molecule has 0 atom stereocenters. The number of ether oxygens (including phenoxy) is 1. The van der Waals surface area contributed by atoms with Crippen LogP contribution in [0.2, 0.25) is 0 Å². The minimum atomic E-state index is -3.57. The number of nitrogens with zero attached hydrogens (tertiary/aromatic N) is 1. The van der Waals surface area contributed by atoms with Gasteiger partial charge in [0.2, 0.25) is 0 Å². The third-order valence-electron chi connectivity index (χ3n) is 2.82. The first-order valence-electron chi connectivity index (χ1n) is 5.74. The Morgan fingerprint density at radius 3 is 2.32 bits per heavy atom. The molecule has 2 aromatic rings. The molecule has 2 aromatic carbocycles. The van der Waals surface area contributed by atoms with E-state index in [9.17, 15) is 8.42 Å². The molecule has 0 radical (unpaired) electrons. The lowest BCUT2D eigenvalue weighted by molar-refractivity contribution is 0.413. The topological polar surface area (TPSA) is 46.6 Å². The van der Waals surface area contributed by atoms with Crippen molar-refractivity contribution in [2.75, 3.05) is 18.5 Å². The van der Waals surface area contributed by atoms with Crippen LogP contribution in [0.3, 0.4) is 0 Å². The van der Waals surface area contributed by atoms with Gasteiger partial charge >= 0.3 is 0 Å². The lowest BCUT2D eigenvalue weighted by Gasteiger charge is -2.19. The Morgan fingerprint density at radius 1 is 1.00 bits per heavy atom. The molecule has 4 nitrogen and oxygen atoms in total. The molecule has 0 amide bonds. The predicted octanol–water partition coefficient (Wildman–Crippen LogP) is 2.52. The van der Waals surface area contributed by atoms with Crippen molar-refractivity contribution in [3.05, 3.63) is 54.6 Å². The van der Waals surface area contributed by atoms with E-state index >= 15 is 0 Å². The van der Waals surface area contributed by atoms with Crippen LogP contribution in [0.15, 0.2) is 59.5 Å². The second-order valence-corrected chi connectivity index (χ2v) is 5.96. The van der Waals surface area contributed by atoms with Crippen LogP contribution < -0.4 is 9.04 Å². The molecule has 0 aliphatic carbocycles. The Hall–Kier alpha value is -2.01. The molecule has 0 bridgehead atoms. The van der Waals surface area contributed by atoms with Crippen molar-refractivity contribution in [2.45, 2.75) is 4.90 Å². The second-order valence-electron chi connectivity index (χ2n) is 3.99. The fourth-order valence-corrected chi connectivity index (χ4v) is 2.93. The largest absolute Gasteiger partial charge is 0.497 e. The average Bonchev–Trinajstić information content (AvgIpc) is 2.47. The molecule has 0 saturated carbocycles. The molecule has 0 N–H and O–H groups in total. The molecule has 0 unspecified atom stereocenters. The Balaban J connectivity index is 2.42. The van der Waals surface area contributed by atoms with Gasteiger partial charge in [0.05, 0.1) is 17.7 Å². The monoisotopic (exact) mass is 277 g/mol. The summed E-state index contributed by atoms with van der Waals surface area (Å²) in [6.45, 7) is 0. The molecule has 100 valence electrons. The number of methoxy groups -OCH3 is 1. The van der Waals surface area contributed by atoms with Gasteiger partial charge in [-0.1, -0.05) is 24.3 Å². The van der Waals surface area contributed by atoms with Crippen molar-refractivity contribution in [3.8, 4) is 5.75 Å². The molecule has 0 saturated heterocycles. The molecule has 19 heavy (non-hydrogen) atoms. The van der Waals surface area contributed by atoms with Crippen LogP contribution in [-0.4, -0.2) is 22.6 Å². The predicted molar refractivity (Wildman–Crippen MR) is 75.0 cm³/mol. The van der Waals surface area contributed by atoms with E-state index in [4.69, 9.17) is 4.74 Å². The van der Waals surface area contributed by atoms with Crippen LogP contribution in [0.4, 0.5) is 5.69 Å². The van der Waals surface area contributed by atoms with E-state index in [2.05, 4.69) is 0 Å². The minimum absolute atomic E-state index is 0.207. The molecule has 0 aromatic heterocycles. The summed E-state index contributed by atoms with van der Waals surface area (Å²) in [6, 6.07) is 15.4. The van der Waals surface area contributed by atoms with Gasteiger partial charge < -0.3 is 4.74 Å². The van der Waals surface area contributed by atoms with Crippen molar-refractivity contribution < 1.29 is 13.2 Å². The lowest BCUT2D eigenvalue weighted by Crippen LogP contribution is -2.26. The fraction of sp³-hybridized carbons (Fsp3) is 0.143. The zero-order valence-electron chi connectivity index (χ0n) is 10.8. The van der Waals surface area contributed by atoms with E-state index in [1.165, 1.54) is 24.5 Å². The maximum absolute atomic E-state index is 12.5. The highest BCUT2D eigenvalue weighted by Crippen LogP contribution is 2.24. The molecular weight excluding hydrogens is 262 g/mol. The number of anilines is 1. The van der Waals surface area contributed by atoms with E-state index < -0.39 is 10.0 Å². The van der Waals surface area contributed by atoms with Crippen molar-refractivity contribution in [3.63, 3.8) is 0 Å². The Bertz CT molecular complexity index is 653. The van der Waals surface area contributed by atoms with Crippen molar-refractivity contribution in [1.82, 2.24) is 0 Å². The lowest BCUT2D eigenvalue weighted by atomic mass is 10.3. The molecule has 5 heteroatoms.